The quantitative estimate of drug-likeness (QED) is 0.243. The Morgan fingerprint density at radius 3 is 1.12 bits per heavy atom. The molecule has 0 saturated carbocycles. The van der Waals surface area contributed by atoms with Crippen LogP contribution in [-0.4, -0.2) is 25.9 Å². The van der Waals surface area contributed by atoms with Gasteiger partial charge < -0.3 is 0 Å². The van der Waals surface area contributed by atoms with Crippen LogP contribution < -0.4 is 0 Å². The van der Waals surface area contributed by atoms with E-state index >= 15 is 0 Å². The van der Waals surface area contributed by atoms with E-state index in [1.54, 1.807) is 12.1 Å². The molecule has 0 aliphatic rings. The Bertz CT molecular complexity index is 1640. The van der Waals surface area contributed by atoms with Crippen molar-refractivity contribution in [2.75, 3.05) is 0 Å². The van der Waals surface area contributed by atoms with Gasteiger partial charge in [-0.05, 0) is 68.1 Å². The average Bonchev–Trinajstić information content (AvgIpc) is 2.81. The van der Waals surface area contributed by atoms with Gasteiger partial charge in [-0.1, -0.05) is 72.8 Å². The highest BCUT2D eigenvalue weighted by atomic mass is 32.2. The van der Waals surface area contributed by atoms with Gasteiger partial charge in [0.05, 0.1) is 9.79 Å². The third-order valence-electron chi connectivity index (χ3n) is 5.78. The summed E-state index contributed by atoms with van der Waals surface area (Å²) in [5.74, 6) is 0. The third kappa shape index (κ3) is 3.86. The molecule has 0 heterocycles. The summed E-state index contributed by atoms with van der Waals surface area (Å²) in [5, 5.41) is 2.48. The number of fused-ring (bicyclic) bond motifs is 2. The summed E-state index contributed by atoms with van der Waals surface area (Å²) in [6.07, 6.45) is 0. The molecule has 0 aliphatic carbocycles. The molecular weight excluding hydrogens is 472 g/mol. The molecular formula is C26H18O6S2. The molecule has 0 fully saturated rings. The molecule has 8 heteroatoms. The van der Waals surface area contributed by atoms with Gasteiger partial charge in [0.15, 0.2) is 0 Å². The van der Waals surface area contributed by atoms with Crippen molar-refractivity contribution in [1.29, 1.82) is 0 Å². The zero-order valence-electron chi connectivity index (χ0n) is 17.6. The summed E-state index contributed by atoms with van der Waals surface area (Å²) in [5.41, 5.74) is 2.92. The monoisotopic (exact) mass is 490 g/mol. The Morgan fingerprint density at radius 1 is 0.441 bits per heavy atom. The molecule has 0 spiro atoms. The molecule has 170 valence electrons. The van der Waals surface area contributed by atoms with Crippen molar-refractivity contribution in [2.45, 2.75) is 9.79 Å². The van der Waals surface area contributed by atoms with Crippen LogP contribution in [-0.2, 0) is 20.2 Å². The largest absolute Gasteiger partial charge is 0.294 e. The van der Waals surface area contributed by atoms with E-state index in [1.165, 1.54) is 24.3 Å². The van der Waals surface area contributed by atoms with Gasteiger partial charge in [-0.3, -0.25) is 9.11 Å². The van der Waals surface area contributed by atoms with Gasteiger partial charge in [0.2, 0.25) is 0 Å². The molecule has 5 rings (SSSR count). The Balaban J connectivity index is 2.07. The molecule has 2 N–H and O–H groups in total. The van der Waals surface area contributed by atoms with Crippen LogP contribution in [0.1, 0.15) is 0 Å². The first kappa shape index (κ1) is 22.2. The molecule has 5 aromatic carbocycles. The van der Waals surface area contributed by atoms with Gasteiger partial charge in [-0.2, -0.15) is 16.8 Å². The van der Waals surface area contributed by atoms with Crippen LogP contribution in [0.15, 0.2) is 107 Å². The minimum absolute atomic E-state index is 0.245. The fourth-order valence-electron chi connectivity index (χ4n) is 4.34. The highest BCUT2D eigenvalue weighted by Gasteiger charge is 2.21. The molecule has 0 radical (unpaired) electrons. The summed E-state index contributed by atoms with van der Waals surface area (Å²) >= 11 is 0. The van der Waals surface area contributed by atoms with E-state index in [0.717, 1.165) is 11.1 Å². The van der Waals surface area contributed by atoms with Crippen molar-refractivity contribution < 1.29 is 25.9 Å². The average molecular weight is 491 g/mol. The second-order valence-electron chi connectivity index (χ2n) is 7.85. The normalized spacial score (nSPS) is 12.3. The molecule has 0 atom stereocenters. The van der Waals surface area contributed by atoms with E-state index in [9.17, 15) is 25.9 Å². The van der Waals surface area contributed by atoms with E-state index < -0.39 is 20.2 Å². The Kier molecular flexibility index (Phi) is 5.26. The van der Waals surface area contributed by atoms with E-state index in [4.69, 9.17) is 0 Å². The predicted molar refractivity (Wildman–Crippen MR) is 132 cm³/mol. The van der Waals surface area contributed by atoms with Crippen molar-refractivity contribution in [3.8, 4) is 22.3 Å². The van der Waals surface area contributed by atoms with Crippen LogP contribution in [0.4, 0.5) is 0 Å². The maximum atomic E-state index is 12.0. The summed E-state index contributed by atoms with van der Waals surface area (Å²) in [7, 11) is -8.92. The van der Waals surface area contributed by atoms with Gasteiger partial charge in [0, 0.05) is 0 Å². The zero-order chi connectivity index (χ0) is 24.1. The minimum Gasteiger partial charge on any atom is -0.282 e. The van der Waals surface area contributed by atoms with Gasteiger partial charge in [0.1, 0.15) is 0 Å². The van der Waals surface area contributed by atoms with E-state index in [2.05, 4.69) is 0 Å². The Labute approximate surface area is 196 Å². The lowest BCUT2D eigenvalue weighted by Crippen LogP contribution is -2.00. The summed E-state index contributed by atoms with van der Waals surface area (Å²) in [6, 6.07) is 27.3. The summed E-state index contributed by atoms with van der Waals surface area (Å²) in [4.78, 5) is -0.491. The molecule has 0 unspecified atom stereocenters. The van der Waals surface area contributed by atoms with E-state index in [0.29, 0.717) is 32.7 Å². The number of hydrogen-bond donors (Lipinski definition) is 2. The molecule has 0 saturated heterocycles. The third-order valence-corrected chi connectivity index (χ3v) is 7.48. The van der Waals surface area contributed by atoms with Gasteiger partial charge in [0.25, 0.3) is 20.2 Å². The molecule has 0 bridgehead atoms. The molecule has 5 aromatic rings. The molecule has 0 aromatic heterocycles. The van der Waals surface area contributed by atoms with Gasteiger partial charge in [-0.15, -0.1) is 0 Å². The molecule has 0 amide bonds. The van der Waals surface area contributed by atoms with E-state index in [-0.39, 0.29) is 9.79 Å². The fraction of sp³-hybridized carbons (Fsp3) is 0. The topological polar surface area (TPSA) is 109 Å². The number of rotatable bonds is 4. The van der Waals surface area contributed by atoms with Crippen molar-refractivity contribution in [3.63, 3.8) is 0 Å². The van der Waals surface area contributed by atoms with Crippen LogP contribution in [0.5, 0.6) is 0 Å². The Morgan fingerprint density at radius 2 is 0.794 bits per heavy atom. The van der Waals surface area contributed by atoms with Crippen molar-refractivity contribution in [1.82, 2.24) is 0 Å². The Hall–Kier alpha value is -3.56. The summed E-state index contributed by atoms with van der Waals surface area (Å²) < 4.78 is 67.3. The first-order valence-corrected chi connectivity index (χ1v) is 13.1. The molecule has 34 heavy (non-hydrogen) atoms. The lowest BCUT2D eigenvalue weighted by molar-refractivity contribution is 0.481. The highest BCUT2D eigenvalue weighted by Crippen LogP contribution is 2.44. The maximum absolute atomic E-state index is 12.0. The van der Waals surface area contributed by atoms with Gasteiger partial charge >= 0.3 is 0 Å². The number of benzene rings is 5. The fourth-order valence-corrected chi connectivity index (χ4v) is 5.35. The van der Waals surface area contributed by atoms with Crippen molar-refractivity contribution in [3.05, 3.63) is 97.1 Å². The first-order valence-electron chi connectivity index (χ1n) is 10.2. The van der Waals surface area contributed by atoms with Crippen LogP contribution in [0.3, 0.4) is 0 Å². The van der Waals surface area contributed by atoms with Crippen molar-refractivity contribution >= 4 is 41.8 Å². The molecule has 6 nitrogen and oxygen atoms in total. The van der Waals surface area contributed by atoms with Crippen LogP contribution in [0.2, 0.25) is 0 Å². The predicted octanol–water partition coefficient (Wildman–Crippen LogP) is 5.82. The standard InChI is InChI=1S/C26H18O6S2/c27-33(28,29)19-12-14-22-23(15-19)25(17-7-3-1-4-8-17)21-13-11-20(34(30,31)32)16-24(21)26(22)18-9-5-2-6-10-18/h1-16H,(H,27,28,29)(H,30,31,32). The van der Waals surface area contributed by atoms with Crippen LogP contribution in [0.25, 0.3) is 43.8 Å². The zero-order valence-corrected chi connectivity index (χ0v) is 19.2. The SMILES string of the molecule is O=S(=O)(O)c1ccc2c(-c3ccccc3)c3cc(S(=O)(=O)O)ccc3c(-c3ccccc3)c2c1. The van der Waals surface area contributed by atoms with E-state index in [1.807, 2.05) is 60.7 Å². The molecule has 0 aliphatic heterocycles. The lowest BCUT2D eigenvalue weighted by Gasteiger charge is -2.18. The summed E-state index contributed by atoms with van der Waals surface area (Å²) in [6.45, 7) is 0. The smallest absolute Gasteiger partial charge is 0.282 e. The van der Waals surface area contributed by atoms with Crippen molar-refractivity contribution in [2.24, 2.45) is 0 Å². The maximum Gasteiger partial charge on any atom is 0.294 e. The highest BCUT2D eigenvalue weighted by molar-refractivity contribution is 7.86. The minimum atomic E-state index is -4.46. The van der Waals surface area contributed by atoms with Gasteiger partial charge in [-0.25, -0.2) is 0 Å². The second kappa shape index (κ2) is 8.03. The second-order valence-corrected chi connectivity index (χ2v) is 10.7. The van der Waals surface area contributed by atoms with Crippen LogP contribution >= 0.6 is 0 Å². The van der Waals surface area contributed by atoms with Crippen LogP contribution in [0, 0.1) is 0 Å². The number of hydrogen-bond acceptors (Lipinski definition) is 4. The first-order chi connectivity index (χ1) is 16.1. The lowest BCUT2D eigenvalue weighted by atomic mass is 9.86.